The maximum absolute atomic E-state index is 13.6. The summed E-state index contributed by atoms with van der Waals surface area (Å²) in [5.41, 5.74) is 2.34. The van der Waals surface area contributed by atoms with Crippen LogP contribution >= 0.6 is 0 Å². The molecule has 7 nitrogen and oxygen atoms in total. The average molecular weight is 393 g/mol. The number of rotatable bonds is 3. The van der Waals surface area contributed by atoms with Gasteiger partial charge in [0, 0.05) is 6.20 Å². The van der Waals surface area contributed by atoms with Crippen LogP contribution < -0.4 is 5.48 Å². The summed E-state index contributed by atoms with van der Waals surface area (Å²) >= 11 is 0. The number of hydrogen-bond acceptors (Lipinski definition) is 5. The van der Waals surface area contributed by atoms with Crippen molar-refractivity contribution in [2.24, 2.45) is 0 Å². The molecular weight excluding hydrogens is 382 g/mol. The third-order valence-corrected chi connectivity index (χ3v) is 4.07. The fraction of sp³-hybridized carbons (Fsp3) is 0.176. The summed E-state index contributed by atoms with van der Waals surface area (Å²) in [6, 6.07) is 5.56. The summed E-state index contributed by atoms with van der Waals surface area (Å²) in [6.07, 6.45) is -3.16. The van der Waals surface area contributed by atoms with Gasteiger partial charge in [0.2, 0.25) is 0 Å². The van der Waals surface area contributed by atoms with Crippen LogP contribution in [0.2, 0.25) is 0 Å². The SMILES string of the molecule is O=C1NOCc2c1nnn2-c1cc(Cc2cc(F)cc(C(F)(F)F)c2)ccn1. The molecule has 1 aromatic carbocycles. The largest absolute Gasteiger partial charge is 0.416 e. The first-order valence-electron chi connectivity index (χ1n) is 8.00. The van der Waals surface area contributed by atoms with Gasteiger partial charge in [-0.15, -0.1) is 5.10 Å². The van der Waals surface area contributed by atoms with Gasteiger partial charge in [-0.05, 0) is 47.9 Å². The van der Waals surface area contributed by atoms with E-state index < -0.39 is 23.5 Å². The number of alkyl halides is 3. The Balaban J connectivity index is 1.66. The number of hydrogen-bond donors (Lipinski definition) is 1. The number of fused-ring (bicyclic) bond motifs is 1. The maximum Gasteiger partial charge on any atom is 0.416 e. The van der Waals surface area contributed by atoms with Crippen LogP contribution in [0.5, 0.6) is 0 Å². The quantitative estimate of drug-likeness (QED) is 0.692. The Morgan fingerprint density at radius 2 is 2.00 bits per heavy atom. The first-order chi connectivity index (χ1) is 13.3. The van der Waals surface area contributed by atoms with E-state index in [4.69, 9.17) is 4.84 Å². The number of hydroxylamine groups is 1. The molecule has 1 aliphatic heterocycles. The molecule has 11 heteroatoms. The van der Waals surface area contributed by atoms with Gasteiger partial charge in [-0.3, -0.25) is 9.63 Å². The highest BCUT2D eigenvalue weighted by molar-refractivity contribution is 5.93. The Kier molecular flexibility index (Phi) is 4.30. The Morgan fingerprint density at radius 1 is 1.18 bits per heavy atom. The highest BCUT2D eigenvalue weighted by atomic mass is 19.4. The molecule has 0 fully saturated rings. The summed E-state index contributed by atoms with van der Waals surface area (Å²) < 4.78 is 53.6. The van der Waals surface area contributed by atoms with Crippen LogP contribution in [0.25, 0.3) is 5.82 Å². The van der Waals surface area contributed by atoms with E-state index in [0.717, 1.165) is 12.1 Å². The second-order valence-electron chi connectivity index (χ2n) is 6.06. The van der Waals surface area contributed by atoms with Gasteiger partial charge in [0.1, 0.15) is 18.1 Å². The molecule has 1 aliphatic rings. The molecule has 0 atom stereocenters. The van der Waals surface area contributed by atoms with E-state index in [1.54, 1.807) is 12.1 Å². The van der Waals surface area contributed by atoms with Gasteiger partial charge in [0.25, 0.3) is 5.91 Å². The van der Waals surface area contributed by atoms with E-state index in [1.807, 2.05) is 0 Å². The number of nitrogens with zero attached hydrogens (tertiary/aromatic N) is 4. The van der Waals surface area contributed by atoms with Crippen molar-refractivity contribution in [3.8, 4) is 5.82 Å². The first-order valence-corrected chi connectivity index (χ1v) is 8.00. The standard InChI is InChI=1S/C17H11F4N5O2/c18-12-5-10(4-11(7-12)17(19,20)21)3-9-1-2-22-14(6-9)26-13-8-28-24-16(27)15(13)23-25-26/h1-2,4-7H,3,8H2,(H,24,27). The van der Waals surface area contributed by atoms with Crippen molar-refractivity contribution in [2.75, 3.05) is 0 Å². The summed E-state index contributed by atoms with van der Waals surface area (Å²) in [6.45, 7) is 0.0266. The molecule has 0 aliphatic carbocycles. The van der Waals surface area contributed by atoms with Crippen molar-refractivity contribution >= 4 is 5.91 Å². The maximum atomic E-state index is 13.6. The van der Waals surface area contributed by atoms with Gasteiger partial charge < -0.3 is 0 Å². The number of nitrogens with one attached hydrogen (secondary N) is 1. The Labute approximate surface area is 154 Å². The van der Waals surface area contributed by atoms with Crippen molar-refractivity contribution < 1.29 is 27.2 Å². The predicted molar refractivity (Wildman–Crippen MR) is 85.6 cm³/mol. The molecule has 2 aromatic heterocycles. The van der Waals surface area contributed by atoms with Gasteiger partial charge in [-0.2, -0.15) is 17.9 Å². The van der Waals surface area contributed by atoms with Gasteiger partial charge in [0.15, 0.2) is 11.5 Å². The zero-order valence-electron chi connectivity index (χ0n) is 14.0. The summed E-state index contributed by atoms with van der Waals surface area (Å²) in [5, 5.41) is 7.67. The first kappa shape index (κ1) is 18.0. The van der Waals surface area contributed by atoms with Crippen molar-refractivity contribution in [1.29, 1.82) is 0 Å². The normalized spacial score (nSPS) is 13.9. The Hall–Kier alpha value is -3.34. The Morgan fingerprint density at radius 3 is 2.79 bits per heavy atom. The number of benzene rings is 1. The zero-order valence-corrected chi connectivity index (χ0v) is 14.0. The summed E-state index contributed by atoms with van der Waals surface area (Å²) in [5.74, 6) is -1.20. The fourth-order valence-electron chi connectivity index (χ4n) is 2.85. The monoisotopic (exact) mass is 393 g/mol. The Bertz CT molecular complexity index is 1060. The van der Waals surface area contributed by atoms with E-state index in [2.05, 4.69) is 20.8 Å². The number of halogens is 4. The summed E-state index contributed by atoms with van der Waals surface area (Å²) in [7, 11) is 0. The third kappa shape index (κ3) is 3.43. The van der Waals surface area contributed by atoms with Crippen LogP contribution in [-0.2, 0) is 24.0 Å². The van der Waals surface area contributed by atoms with Crippen LogP contribution in [0.3, 0.4) is 0 Å². The molecule has 0 saturated carbocycles. The second kappa shape index (κ2) is 6.68. The molecule has 0 radical (unpaired) electrons. The van der Waals surface area contributed by atoms with Crippen LogP contribution in [-0.4, -0.2) is 25.9 Å². The lowest BCUT2D eigenvalue weighted by molar-refractivity contribution is -0.137. The molecule has 0 saturated heterocycles. The van der Waals surface area contributed by atoms with Gasteiger partial charge >= 0.3 is 6.18 Å². The van der Waals surface area contributed by atoms with E-state index in [1.165, 1.54) is 10.9 Å². The van der Waals surface area contributed by atoms with Crippen LogP contribution in [0.4, 0.5) is 17.6 Å². The smallest absolute Gasteiger partial charge is 0.267 e. The molecule has 4 rings (SSSR count). The average Bonchev–Trinajstić information content (AvgIpc) is 3.06. The third-order valence-electron chi connectivity index (χ3n) is 4.07. The molecule has 0 bridgehead atoms. The minimum atomic E-state index is -4.64. The zero-order chi connectivity index (χ0) is 19.9. The van der Waals surface area contributed by atoms with Crippen molar-refractivity contribution in [3.63, 3.8) is 0 Å². The van der Waals surface area contributed by atoms with Crippen LogP contribution in [0, 0.1) is 5.82 Å². The number of carbonyl (C=O) groups is 1. The molecular formula is C17H11F4N5O2. The highest BCUT2D eigenvalue weighted by Gasteiger charge is 2.31. The van der Waals surface area contributed by atoms with Crippen LogP contribution in [0.1, 0.15) is 32.9 Å². The molecule has 3 aromatic rings. The van der Waals surface area contributed by atoms with E-state index in [0.29, 0.717) is 23.1 Å². The number of aromatic nitrogens is 4. The number of amides is 1. The minimum absolute atomic E-state index is 0.0266. The second-order valence-corrected chi connectivity index (χ2v) is 6.06. The molecule has 1 N–H and O–H groups in total. The van der Waals surface area contributed by atoms with Crippen molar-refractivity contribution in [1.82, 2.24) is 25.5 Å². The molecule has 144 valence electrons. The van der Waals surface area contributed by atoms with Gasteiger partial charge in [-0.25, -0.2) is 14.9 Å². The van der Waals surface area contributed by atoms with E-state index in [-0.39, 0.29) is 24.3 Å². The number of pyridine rings is 1. The molecule has 3 heterocycles. The lowest BCUT2D eigenvalue weighted by Gasteiger charge is -2.13. The van der Waals surface area contributed by atoms with Crippen molar-refractivity contribution in [3.05, 3.63) is 70.4 Å². The fourth-order valence-corrected chi connectivity index (χ4v) is 2.85. The lowest BCUT2D eigenvalue weighted by atomic mass is 10.0. The minimum Gasteiger partial charge on any atom is -0.267 e. The van der Waals surface area contributed by atoms with Gasteiger partial charge in [-0.1, -0.05) is 5.21 Å². The van der Waals surface area contributed by atoms with Gasteiger partial charge in [0.05, 0.1) is 5.56 Å². The molecule has 0 spiro atoms. The lowest BCUT2D eigenvalue weighted by Crippen LogP contribution is -2.30. The molecule has 0 unspecified atom stereocenters. The van der Waals surface area contributed by atoms with E-state index >= 15 is 0 Å². The van der Waals surface area contributed by atoms with Crippen LogP contribution in [0.15, 0.2) is 36.5 Å². The van der Waals surface area contributed by atoms with Crippen molar-refractivity contribution in [2.45, 2.75) is 19.2 Å². The van der Waals surface area contributed by atoms with E-state index in [9.17, 15) is 22.4 Å². The summed E-state index contributed by atoms with van der Waals surface area (Å²) in [4.78, 5) is 20.8. The predicted octanol–water partition coefficient (Wildman–Crippen LogP) is 2.59. The highest BCUT2D eigenvalue weighted by Crippen LogP contribution is 2.31. The topological polar surface area (TPSA) is 81.9 Å². The molecule has 1 amide bonds. The molecule has 28 heavy (non-hydrogen) atoms. The number of carbonyl (C=O) groups excluding carboxylic acids is 1.